The first kappa shape index (κ1) is 16.1. The molecule has 1 aromatic carbocycles. The van der Waals surface area contributed by atoms with Crippen LogP contribution < -0.4 is 10.5 Å². The van der Waals surface area contributed by atoms with Gasteiger partial charge in [0.15, 0.2) is 5.69 Å². The molecular formula is C14H11F3IN3O2. The summed E-state index contributed by atoms with van der Waals surface area (Å²) in [4.78, 5) is 11.5. The van der Waals surface area contributed by atoms with Crippen LogP contribution in [0.2, 0.25) is 0 Å². The third kappa shape index (κ3) is 2.66. The van der Waals surface area contributed by atoms with Gasteiger partial charge in [0, 0.05) is 9.49 Å². The third-order valence-electron chi connectivity index (χ3n) is 3.54. The van der Waals surface area contributed by atoms with E-state index in [-0.39, 0.29) is 12.3 Å². The van der Waals surface area contributed by atoms with Gasteiger partial charge in [0.25, 0.3) is 5.91 Å². The molecule has 5 nitrogen and oxygen atoms in total. The third-order valence-corrected chi connectivity index (χ3v) is 4.21. The van der Waals surface area contributed by atoms with E-state index in [1.807, 2.05) is 22.6 Å². The second-order valence-electron chi connectivity index (χ2n) is 5.21. The average molecular weight is 437 g/mol. The lowest BCUT2D eigenvalue weighted by Gasteiger charge is -2.13. The van der Waals surface area contributed by atoms with Crippen LogP contribution in [0, 0.1) is 3.57 Å². The van der Waals surface area contributed by atoms with E-state index in [1.54, 1.807) is 25.1 Å². The maximum Gasteiger partial charge on any atom is 0.420 e. The standard InChI is InChI=1S/C14H11F3IN3O2/c1-6-5-23-9-3-2-7(18)4-8(9)21-12(6)10(14(15,16)17)11(20-21)13(19)22/h2-4,6H,5H2,1H3,(H2,19,22). The largest absolute Gasteiger partial charge is 0.491 e. The number of nitrogens with zero attached hydrogens (tertiary/aromatic N) is 2. The number of ether oxygens (including phenoxy) is 1. The van der Waals surface area contributed by atoms with E-state index in [0.29, 0.717) is 11.4 Å². The van der Waals surface area contributed by atoms with E-state index in [1.165, 1.54) is 0 Å². The number of primary amides is 1. The quantitative estimate of drug-likeness (QED) is 0.698. The molecule has 23 heavy (non-hydrogen) atoms. The maximum absolute atomic E-state index is 13.5. The molecule has 2 heterocycles. The Hall–Kier alpha value is -1.78. The van der Waals surface area contributed by atoms with Crippen molar-refractivity contribution in [3.63, 3.8) is 0 Å². The molecule has 1 unspecified atom stereocenters. The summed E-state index contributed by atoms with van der Waals surface area (Å²) in [7, 11) is 0. The number of alkyl halides is 3. The molecule has 0 fully saturated rings. The number of hydrogen-bond acceptors (Lipinski definition) is 3. The van der Waals surface area contributed by atoms with Crippen LogP contribution in [-0.4, -0.2) is 22.3 Å². The number of hydrogen-bond donors (Lipinski definition) is 1. The minimum absolute atomic E-state index is 0.0422. The van der Waals surface area contributed by atoms with E-state index in [4.69, 9.17) is 10.5 Å². The van der Waals surface area contributed by atoms with Crippen LogP contribution in [0.4, 0.5) is 13.2 Å². The molecule has 1 aliphatic rings. The molecule has 0 aliphatic carbocycles. The molecular weight excluding hydrogens is 426 g/mol. The zero-order valence-corrected chi connectivity index (χ0v) is 14.0. The Morgan fingerprint density at radius 1 is 1.48 bits per heavy atom. The second-order valence-corrected chi connectivity index (χ2v) is 6.45. The number of aromatic nitrogens is 2. The Kier molecular flexibility index (Phi) is 3.77. The summed E-state index contributed by atoms with van der Waals surface area (Å²) >= 11 is 2.04. The van der Waals surface area contributed by atoms with Crippen LogP contribution in [0.3, 0.4) is 0 Å². The highest BCUT2D eigenvalue weighted by molar-refractivity contribution is 14.1. The lowest BCUT2D eigenvalue weighted by molar-refractivity contribution is -0.138. The molecule has 0 radical (unpaired) electrons. The van der Waals surface area contributed by atoms with Crippen molar-refractivity contribution >= 4 is 28.5 Å². The van der Waals surface area contributed by atoms with E-state index in [9.17, 15) is 18.0 Å². The van der Waals surface area contributed by atoms with Crippen molar-refractivity contribution in [3.8, 4) is 11.4 Å². The van der Waals surface area contributed by atoms with E-state index >= 15 is 0 Å². The van der Waals surface area contributed by atoms with E-state index < -0.39 is 29.3 Å². The van der Waals surface area contributed by atoms with Gasteiger partial charge in [-0.25, -0.2) is 4.68 Å². The molecule has 0 saturated carbocycles. The number of halogens is 4. The Balaban J connectivity index is 2.39. The number of carbonyl (C=O) groups excluding carboxylic acids is 1. The summed E-state index contributed by atoms with van der Waals surface area (Å²) in [5, 5.41) is 3.85. The highest BCUT2D eigenvalue weighted by atomic mass is 127. The molecule has 1 amide bonds. The first-order valence-corrected chi connectivity index (χ1v) is 7.70. The molecule has 0 spiro atoms. The molecule has 1 aliphatic heterocycles. The second kappa shape index (κ2) is 5.39. The van der Waals surface area contributed by atoms with Crippen LogP contribution in [0.1, 0.15) is 34.6 Å². The van der Waals surface area contributed by atoms with Crippen LogP contribution in [-0.2, 0) is 6.18 Å². The summed E-state index contributed by atoms with van der Waals surface area (Å²) in [5.41, 5.74) is 3.49. The number of rotatable bonds is 1. The molecule has 0 bridgehead atoms. The lowest BCUT2D eigenvalue weighted by Crippen LogP contribution is -2.20. The lowest BCUT2D eigenvalue weighted by atomic mass is 10.0. The van der Waals surface area contributed by atoms with Crippen molar-refractivity contribution in [2.24, 2.45) is 5.73 Å². The van der Waals surface area contributed by atoms with Crippen molar-refractivity contribution in [1.82, 2.24) is 9.78 Å². The normalized spacial score (nSPS) is 17.0. The number of amides is 1. The zero-order valence-electron chi connectivity index (χ0n) is 11.8. The summed E-state index contributed by atoms with van der Waals surface area (Å²) in [6.45, 7) is 1.63. The van der Waals surface area contributed by atoms with Gasteiger partial charge in [-0.1, -0.05) is 6.92 Å². The Morgan fingerprint density at radius 3 is 2.78 bits per heavy atom. The fraction of sp³-hybridized carbons (Fsp3) is 0.286. The SMILES string of the molecule is CC1COc2ccc(I)cc2-n2nc(C(N)=O)c(C(F)(F)F)c21. The molecule has 2 aromatic rings. The van der Waals surface area contributed by atoms with Crippen LogP contribution in [0.15, 0.2) is 18.2 Å². The van der Waals surface area contributed by atoms with Gasteiger partial charge in [-0.15, -0.1) is 0 Å². The predicted octanol–water partition coefficient (Wildman–Crippen LogP) is 3.09. The Bertz CT molecular complexity index is 801. The highest BCUT2D eigenvalue weighted by Crippen LogP contribution is 2.41. The van der Waals surface area contributed by atoms with Gasteiger partial charge in [0.1, 0.15) is 17.0 Å². The van der Waals surface area contributed by atoms with Gasteiger partial charge in [0.05, 0.1) is 12.3 Å². The fourth-order valence-corrected chi connectivity index (χ4v) is 3.07. The maximum atomic E-state index is 13.5. The fourth-order valence-electron chi connectivity index (χ4n) is 2.59. The van der Waals surface area contributed by atoms with Crippen molar-refractivity contribution < 1.29 is 22.7 Å². The monoisotopic (exact) mass is 437 g/mol. The van der Waals surface area contributed by atoms with Crippen molar-refractivity contribution in [2.45, 2.75) is 19.0 Å². The molecule has 3 rings (SSSR count). The van der Waals surface area contributed by atoms with Gasteiger partial charge in [-0.2, -0.15) is 18.3 Å². The number of benzene rings is 1. The van der Waals surface area contributed by atoms with Crippen LogP contribution >= 0.6 is 22.6 Å². The highest BCUT2D eigenvalue weighted by Gasteiger charge is 2.44. The van der Waals surface area contributed by atoms with E-state index in [2.05, 4.69) is 5.10 Å². The first-order chi connectivity index (χ1) is 10.7. The summed E-state index contributed by atoms with van der Waals surface area (Å²) < 4.78 is 48.0. The minimum atomic E-state index is -4.74. The molecule has 1 aromatic heterocycles. The molecule has 9 heteroatoms. The number of carbonyl (C=O) groups is 1. The first-order valence-electron chi connectivity index (χ1n) is 6.62. The topological polar surface area (TPSA) is 70.1 Å². The average Bonchev–Trinajstić information content (AvgIpc) is 2.81. The molecule has 122 valence electrons. The zero-order chi connectivity index (χ0) is 16.9. The molecule has 1 atom stereocenters. The summed E-state index contributed by atoms with van der Waals surface area (Å²) in [6, 6.07) is 5.09. The smallest absolute Gasteiger partial charge is 0.420 e. The molecule has 2 N–H and O–H groups in total. The van der Waals surface area contributed by atoms with Crippen molar-refractivity contribution in [3.05, 3.63) is 38.7 Å². The summed E-state index contributed by atoms with van der Waals surface area (Å²) in [6.07, 6.45) is -4.74. The minimum Gasteiger partial charge on any atom is -0.491 e. The van der Waals surface area contributed by atoms with Crippen molar-refractivity contribution in [2.75, 3.05) is 6.61 Å². The number of fused-ring (bicyclic) bond motifs is 3. The predicted molar refractivity (Wildman–Crippen MR) is 83.7 cm³/mol. The Morgan fingerprint density at radius 2 is 2.17 bits per heavy atom. The van der Waals surface area contributed by atoms with Crippen LogP contribution in [0.25, 0.3) is 5.69 Å². The molecule has 0 saturated heterocycles. The Labute approximate surface area is 142 Å². The van der Waals surface area contributed by atoms with Gasteiger partial charge in [0.2, 0.25) is 0 Å². The van der Waals surface area contributed by atoms with Crippen LogP contribution in [0.5, 0.6) is 5.75 Å². The number of nitrogens with two attached hydrogens (primary N) is 1. The van der Waals surface area contributed by atoms with Gasteiger partial charge >= 0.3 is 6.18 Å². The van der Waals surface area contributed by atoms with E-state index in [0.717, 1.165) is 8.25 Å². The van der Waals surface area contributed by atoms with Gasteiger partial charge in [-0.05, 0) is 40.8 Å². The summed E-state index contributed by atoms with van der Waals surface area (Å²) in [5.74, 6) is -1.42. The van der Waals surface area contributed by atoms with Crippen molar-refractivity contribution in [1.29, 1.82) is 0 Å². The van der Waals surface area contributed by atoms with Gasteiger partial charge < -0.3 is 10.5 Å². The van der Waals surface area contributed by atoms with Gasteiger partial charge in [-0.3, -0.25) is 4.79 Å².